The third-order valence-corrected chi connectivity index (χ3v) is 7.87. The van der Waals surface area contributed by atoms with Gasteiger partial charge in [-0.15, -0.1) is 0 Å². The summed E-state index contributed by atoms with van der Waals surface area (Å²) in [4.78, 5) is 0. The smallest absolute Gasteiger partial charge is 0.211 e. The Labute approximate surface area is 194 Å². The first kappa shape index (κ1) is 21.7. The van der Waals surface area contributed by atoms with E-state index in [1.54, 1.807) is 11.4 Å². The fraction of sp³-hybridized carbons (Fsp3) is 0.320. The van der Waals surface area contributed by atoms with Crippen molar-refractivity contribution >= 4 is 20.9 Å². The van der Waals surface area contributed by atoms with Crippen molar-refractivity contribution in [1.29, 1.82) is 0 Å². The largest absolute Gasteiger partial charge is 0.494 e. The zero-order valence-electron chi connectivity index (χ0n) is 19.1. The summed E-state index contributed by atoms with van der Waals surface area (Å²) in [5.41, 5.74) is 5.10. The molecule has 4 aromatic rings. The summed E-state index contributed by atoms with van der Waals surface area (Å²) < 4.78 is 35.1. The average Bonchev–Trinajstić information content (AvgIpc) is 3.42. The summed E-state index contributed by atoms with van der Waals surface area (Å²) in [5.74, 6) is 0.958. The van der Waals surface area contributed by atoms with Gasteiger partial charge in [0.15, 0.2) is 0 Å². The van der Waals surface area contributed by atoms with Crippen molar-refractivity contribution in [3.63, 3.8) is 0 Å². The highest BCUT2D eigenvalue weighted by Crippen LogP contribution is 2.35. The second-order valence-corrected chi connectivity index (χ2v) is 10.7. The SMILES string of the molecule is COc1ccccc1-n1nc(C2CCN(S(C)(=O)=O)CC2)cc1-c1ccc2c(ccn2C)c1. The standard InChI is InChI=1S/C25H28N4O3S/c1-27-13-10-20-16-19(8-9-22(20)27)24-17-21(18-11-14-28(15-12-18)33(3,30)31)26-29(24)23-6-4-5-7-25(23)32-2/h4-10,13,16-18H,11-12,14-15H2,1-3H3. The summed E-state index contributed by atoms with van der Waals surface area (Å²) in [6, 6.07) is 18.6. The molecular formula is C25H28N4O3S. The molecule has 7 nitrogen and oxygen atoms in total. The van der Waals surface area contributed by atoms with Crippen LogP contribution in [0.3, 0.4) is 0 Å². The Kier molecular flexibility index (Phi) is 5.50. The number of rotatable bonds is 5. The number of piperidine rings is 1. The van der Waals surface area contributed by atoms with Gasteiger partial charge in [-0.1, -0.05) is 18.2 Å². The van der Waals surface area contributed by atoms with Crippen LogP contribution in [0.5, 0.6) is 5.75 Å². The summed E-state index contributed by atoms with van der Waals surface area (Å²) in [6.07, 6.45) is 4.86. The lowest BCUT2D eigenvalue weighted by Crippen LogP contribution is -2.37. The van der Waals surface area contributed by atoms with Crippen LogP contribution >= 0.6 is 0 Å². The fourth-order valence-electron chi connectivity index (χ4n) is 4.72. The molecule has 0 radical (unpaired) electrons. The predicted molar refractivity (Wildman–Crippen MR) is 130 cm³/mol. The lowest BCUT2D eigenvalue weighted by molar-refractivity contribution is 0.318. The number of fused-ring (bicyclic) bond motifs is 1. The van der Waals surface area contributed by atoms with Crippen molar-refractivity contribution in [2.24, 2.45) is 7.05 Å². The van der Waals surface area contributed by atoms with E-state index >= 15 is 0 Å². The number of aryl methyl sites for hydroxylation is 1. The number of benzene rings is 2. The van der Waals surface area contributed by atoms with Gasteiger partial charge in [0.2, 0.25) is 10.0 Å². The molecule has 2 aromatic heterocycles. The molecule has 0 unspecified atom stereocenters. The quantitative estimate of drug-likeness (QED) is 0.444. The highest BCUT2D eigenvalue weighted by Gasteiger charge is 2.28. The number of hydrogen-bond donors (Lipinski definition) is 0. The van der Waals surface area contributed by atoms with E-state index in [0.717, 1.165) is 41.2 Å². The second kappa shape index (κ2) is 8.35. The van der Waals surface area contributed by atoms with Gasteiger partial charge in [-0.3, -0.25) is 0 Å². The molecule has 0 N–H and O–H groups in total. The molecule has 33 heavy (non-hydrogen) atoms. The van der Waals surface area contributed by atoms with E-state index < -0.39 is 10.0 Å². The number of sulfonamides is 1. The molecule has 0 amide bonds. The maximum atomic E-state index is 11.9. The van der Waals surface area contributed by atoms with Gasteiger partial charge in [0, 0.05) is 48.7 Å². The Hall–Kier alpha value is -3.10. The van der Waals surface area contributed by atoms with Gasteiger partial charge in [0.1, 0.15) is 11.4 Å². The summed E-state index contributed by atoms with van der Waals surface area (Å²) in [6.45, 7) is 1.05. The lowest BCUT2D eigenvalue weighted by atomic mass is 9.94. The van der Waals surface area contributed by atoms with E-state index in [9.17, 15) is 8.42 Å². The molecule has 0 saturated carbocycles. The van der Waals surface area contributed by atoms with Crippen molar-refractivity contribution in [3.05, 3.63) is 66.5 Å². The fourth-order valence-corrected chi connectivity index (χ4v) is 5.59. The van der Waals surface area contributed by atoms with Crippen molar-refractivity contribution in [3.8, 4) is 22.7 Å². The lowest BCUT2D eigenvalue weighted by Gasteiger charge is -2.29. The van der Waals surface area contributed by atoms with Crippen LogP contribution < -0.4 is 4.74 Å². The minimum Gasteiger partial charge on any atom is -0.494 e. The zero-order chi connectivity index (χ0) is 23.2. The normalized spacial score (nSPS) is 15.8. The Balaban J connectivity index is 1.59. The van der Waals surface area contributed by atoms with Gasteiger partial charge in [-0.25, -0.2) is 17.4 Å². The maximum absolute atomic E-state index is 11.9. The van der Waals surface area contributed by atoms with E-state index in [2.05, 4.69) is 41.1 Å². The minimum atomic E-state index is -3.16. The molecule has 1 saturated heterocycles. The van der Waals surface area contributed by atoms with Crippen LogP contribution in [-0.4, -0.2) is 53.5 Å². The van der Waals surface area contributed by atoms with Crippen LogP contribution in [-0.2, 0) is 17.1 Å². The predicted octanol–water partition coefficient (Wildman–Crippen LogP) is 4.18. The van der Waals surface area contributed by atoms with Gasteiger partial charge < -0.3 is 9.30 Å². The molecule has 3 heterocycles. The molecule has 1 aliphatic heterocycles. The number of methoxy groups -OCH3 is 1. The van der Waals surface area contributed by atoms with Gasteiger partial charge in [0.25, 0.3) is 0 Å². The third kappa shape index (κ3) is 4.05. The molecule has 0 aliphatic carbocycles. The van der Waals surface area contributed by atoms with Crippen molar-refractivity contribution < 1.29 is 13.2 Å². The topological polar surface area (TPSA) is 69.4 Å². The minimum absolute atomic E-state index is 0.207. The number of hydrogen-bond acceptors (Lipinski definition) is 4. The first-order valence-electron chi connectivity index (χ1n) is 11.1. The molecule has 0 atom stereocenters. The Bertz CT molecular complexity index is 1410. The summed E-state index contributed by atoms with van der Waals surface area (Å²) in [7, 11) is 0.551. The van der Waals surface area contributed by atoms with E-state index in [1.165, 1.54) is 17.2 Å². The van der Waals surface area contributed by atoms with Gasteiger partial charge in [-0.2, -0.15) is 5.10 Å². The van der Waals surface area contributed by atoms with Crippen LogP contribution in [0.4, 0.5) is 0 Å². The van der Waals surface area contributed by atoms with Crippen LogP contribution in [0.25, 0.3) is 27.8 Å². The zero-order valence-corrected chi connectivity index (χ0v) is 19.9. The molecule has 0 bridgehead atoms. The highest BCUT2D eigenvalue weighted by atomic mass is 32.2. The summed E-state index contributed by atoms with van der Waals surface area (Å²) >= 11 is 0. The van der Waals surface area contributed by atoms with Crippen LogP contribution in [0.1, 0.15) is 24.5 Å². The van der Waals surface area contributed by atoms with Crippen LogP contribution in [0.2, 0.25) is 0 Å². The first-order chi connectivity index (χ1) is 15.8. The third-order valence-electron chi connectivity index (χ3n) is 6.56. The molecule has 5 rings (SSSR count). The molecule has 2 aromatic carbocycles. The summed E-state index contributed by atoms with van der Waals surface area (Å²) in [5, 5.41) is 6.20. The Morgan fingerprint density at radius 3 is 2.52 bits per heavy atom. The van der Waals surface area contributed by atoms with Gasteiger partial charge >= 0.3 is 0 Å². The van der Waals surface area contributed by atoms with Crippen molar-refractivity contribution in [1.82, 2.24) is 18.7 Å². The van der Waals surface area contributed by atoms with Crippen LogP contribution in [0, 0.1) is 0 Å². The number of aromatic nitrogens is 3. The van der Waals surface area contributed by atoms with Crippen molar-refractivity contribution in [2.45, 2.75) is 18.8 Å². The van der Waals surface area contributed by atoms with E-state index in [-0.39, 0.29) is 5.92 Å². The van der Waals surface area contributed by atoms with E-state index in [1.807, 2.05) is 36.0 Å². The van der Waals surface area contributed by atoms with Gasteiger partial charge in [0.05, 0.1) is 24.8 Å². The molecule has 8 heteroatoms. The second-order valence-electron chi connectivity index (χ2n) is 8.67. The van der Waals surface area contributed by atoms with Gasteiger partial charge in [-0.05, 0) is 49.2 Å². The van der Waals surface area contributed by atoms with E-state index in [0.29, 0.717) is 13.1 Å². The first-order valence-corrected chi connectivity index (χ1v) is 12.9. The molecule has 1 fully saturated rings. The Morgan fingerprint density at radius 1 is 1.03 bits per heavy atom. The average molecular weight is 465 g/mol. The number of para-hydroxylation sites is 2. The van der Waals surface area contributed by atoms with Crippen LogP contribution in [0.15, 0.2) is 60.8 Å². The molecule has 0 spiro atoms. The number of nitrogens with zero attached hydrogens (tertiary/aromatic N) is 4. The highest BCUT2D eigenvalue weighted by molar-refractivity contribution is 7.88. The molecule has 1 aliphatic rings. The molecular weight excluding hydrogens is 436 g/mol. The van der Waals surface area contributed by atoms with E-state index in [4.69, 9.17) is 9.84 Å². The Morgan fingerprint density at radius 2 is 1.79 bits per heavy atom. The van der Waals surface area contributed by atoms with Crippen molar-refractivity contribution in [2.75, 3.05) is 26.5 Å². The molecule has 172 valence electrons. The maximum Gasteiger partial charge on any atom is 0.211 e. The number of ether oxygens (including phenoxy) is 1. The monoisotopic (exact) mass is 464 g/mol.